The first-order valence-corrected chi connectivity index (χ1v) is 13.8. The van der Waals surface area contributed by atoms with Gasteiger partial charge >= 0.3 is 5.97 Å². The van der Waals surface area contributed by atoms with Crippen LogP contribution in [0.4, 0.5) is 5.69 Å². The highest BCUT2D eigenvalue weighted by Gasteiger charge is 2.40. The fourth-order valence-corrected chi connectivity index (χ4v) is 5.18. The molecule has 0 amide bonds. The number of ketones is 1. The molecule has 3 aromatic carbocycles. The first-order valence-electron chi connectivity index (χ1n) is 13.8. The normalized spacial score (nSPS) is 16.7. The summed E-state index contributed by atoms with van der Waals surface area (Å²) in [4.78, 5) is 26.4. The molecule has 1 aliphatic rings. The Kier molecular flexibility index (Phi) is 10.1. The van der Waals surface area contributed by atoms with Crippen molar-refractivity contribution in [3.8, 4) is 0 Å². The lowest BCUT2D eigenvalue weighted by Gasteiger charge is -2.35. The highest BCUT2D eigenvalue weighted by molar-refractivity contribution is 6.14. The topological polar surface area (TPSA) is 103 Å². The molecule has 0 saturated carbocycles. The van der Waals surface area contributed by atoms with Crippen molar-refractivity contribution in [3.05, 3.63) is 100 Å². The highest BCUT2D eigenvalue weighted by Crippen LogP contribution is 2.44. The molecular weight excluding hydrogens is 510 g/mol. The van der Waals surface area contributed by atoms with Gasteiger partial charge in [-0.25, -0.2) is 4.79 Å². The van der Waals surface area contributed by atoms with Crippen LogP contribution in [0.2, 0.25) is 0 Å². The van der Waals surface area contributed by atoms with Crippen LogP contribution in [0.1, 0.15) is 95.2 Å². The Balaban J connectivity index is 1.86. The highest BCUT2D eigenvalue weighted by atomic mass is 16.7. The zero-order valence-electron chi connectivity index (χ0n) is 23.4. The summed E-state index contributed by atoms with van der Waals surface area (Å²) in [5.41, 5.74) is 3.82. The van der Waals surface area contributed by atoms with Crippen LogP contribution in [0.5, 0.6) is 0 Å². The average Bonchev–Trinajstić information content (AvgIpc) is 2.96. The van der Waals surface area contributed by atoms with Crippen molar-refractivity contribution in [3.63, 3.8) is 0 Å². The van der Waals surface area contributed by atoms with E-state index < -0.39 is 30.5 Å². The van der Waals surface area contributed by atoms with Gasteiger partial charge in [-0.05, 0) is 63.1 Å². The Labute approximate surface area is 235 Å². The smallest absolute Gasteiger partial charge is 0.336 e. The molecule has 0 saturated heterocycles. The number of carbonyl (C=O) groups excluding carboxylic acids is 1. The van der Waals surface area contributed by atoms with E-state index in [4.69, 9.17) is 18.9 Å². The van der Waals surface area contributed by atoms with Crippen molar-refractivity contribution in [2.75, 3.05) is 31.7 Å². The van der Waals surface area contributed by atoms with E-state index in [2.05, 4.69) is 5.32 Å². The number of rotatable bonds is 13. The van der Waals surface area contributed by atoms with Crippen LogP contribution in [0.15, 0.2) is 66.7 Å². The van der Waals surface area contributed by atoms with E-state index in [1.807, 2.05) is 76.2 Å². The minimum Gasteiger partial charge on any atom is -0.478 e. The lowest BCUT2D eigenvalue weighted by atomic mass is 9.76. The summed E-state index contributed by atoms with van der Waals surface area (Å²) >= 11 is 0. The van der Waals surface area contributed by atoms with E-state index in [-0.39, 0.29) is 16.9 Å². The minimum absolute atomic E-state index is 0.0300. The summed E-state index contributed by atoms with van der Waals surface area (Å²) in [6.07, 6.45) is -1.12. The van der Waals surface area contributed by atoms with E-state index in [0.29, 0.717) is 32.1 Å². The number of hydrogen-bond acceptors (Lipinski definition) is 7. The Hall–Kier alpha value is -3.56. The second-order valence-electron chi connectivity index (χ2n) is 9.32. The third kappa shape index (κ3) is 6.26. The predicted octanol–water partition coefficient (Wildman–Crippen LogP) is 6.66. The molecule has 212 valence electrons. The van der Waals surface area contributed by atoms with Crippen molar-refractivity contribution in [2.24, 2.45) is 0 Å². The molecule has 0 aliphatic carbocycles. The van der Waals surface area contributed by atoms with Crippen molar-refractivity contribution in [1.29, 1.82) is 0 Å². The first-order chi connectivity index (χ1) is 19.4. The van der Waals surface area contributed by atoms with Gasteiger partial charge < -0.3 is 29.4 Å². The SMILES string of the molecule is CCOC(OCC)c1cccc(C2Nc3cccc(C(=O)O)c3C(=O)C2c2cccc(C(OCC)OCC)c2)c1. The van der Waals surface area contributed by atoms with Crippen LogP contribution < -0.4 is 5.32 Å². The summed E-state index contributed by atoms with van der Waals surface area (Å²) in [6.45, 7) is 9.51. The molecule has 1 heterocycles. The molecule has 0 aromatic heterocycles. The van der Waals surface area contributed by atoms with Gasteiger partial charge in [0.25, 0.3) is 0 Å². The third-order valence-corrected chi connectivity index (χ3v) is 6.82. The third-order valence-electron chi connectivity index (χ3n) is 6.82. The van der Waals surface area contributed by atoms with Gasteiger partial charge in [-0.1, -0.05) is 42.5 Å². The lowest BCUT2D eigenvalue weighted by molar-refractivity contribution is -0.140. The number of carboxylic acid groups (broad SMARTS) is 1. The number of nitrogens with one attached hydrogen (secondary N) is 1. The number of fused-ring (bicyclic) bond motifs is 1. The number of ether oxygens (including phenoxy) is 4. The van der Waals surface area contributed by atoms with Crippen molar-refractivity contribution < 1.29 is 33.6 Å². The maximum Gasteiger partial charge on any atom is 0.336 e. The van der Waals surface area contributed by atoms with Crippen molar-refractivity contribution >= 4 is 17.4 Å². The lowest BCUT2D eigenvalue weighted by Crippen LogP contribution is -2.33. The van der Waals surface area contributed by atoms with Crippen LogP contribution in [0.25, 0.3) is 0 Å². The quantitative estimate of drug-likeness (QED) is 0.229. The molecular formula is C32H37NO7. The molecule has 4 rings (SSSR count). The van der Waals surface area contributed by atoms with E-state index in [1.165, 1.54) is 6.07 Å². The monoisotopic (exact) mass is 547 g/mol. The summed E-state index contributed by atoms with van der Waals surface area (Å²) in [7, 11) is 0. The van der Waals surface area contributed by atoms with Crippen LogP contribution >= 0.6 is 0 Å². The summed E-state index contributed by atoms with van der Waals surface area (Å²) in [6, 6.07) is 19.7. The Morgan fingerprint density at radius 3 is 1.80 bits per heavy atom. The van der Waals surface area contributed by atoms with Crippen molar-refractivity contribution in [2.45, 2.75) is 52.2 Å². The predicted molar refractivity (Wildman–Crippen MR) is 152 cm³/mol. The molecule has 0 fully saturated rings. The molecule has 1 aliphatic heterocycles. The van der Waals surface area contributed by atoms with Crippen LogP contribution in [0.3, 0.4) is 0 Å². The zero-order valence-corrected chi connectivity index (χ0v) is 23.4. The molecule has 0 radical (unpaired) electrons. The fourth-order valence-electron chi connectivity index (χ4n) is 5.18. The van der Waals surface area contributed by atoms with Crippen LogP contribution in [-0.4, -0.2) is 43.3 Å². The summed E-state index contributed by atoms with van der Waals surface area (Å²) in [5, 5.41) is 13.4. The standard InChI is InChI=1S/C32H37NO7/c1-5-37-31(38-6-2)22-14-9-12-20(18-22)26-28(21-13-10-15-23(19-21)32(39-7-3)40-8-4)33-25-17-11-16-24(30(35)36)27(25)29(26)34/h9-19,26,28,31-33H,5-8H2,1-4H3,(H,35,36). The van der Waals surface area contributed by atoms with Crippen LogP contribution in [0, 0.1) is 0 Å². The number of carboxylic acids is 1. The maximum absolute atomic E-state index is 14.3. The summed E-state index contributed by atoms with van der Waals surface area (Å²) < 4.78 is 23.3. The van der Waals surface area contributed by atoms with Gasteiger partial charge in [0.1, 0.15) is 0 Å². The van der Waals surface area contributed by atoms with Gasteiger partial charge in [-0.2, -0.15) is 0 Å². The number of aromatic carboxylic acids is 1. The van der Waals surface area contributed by atoms with E-state index in [9.17, 15) is 14.7 Å². The molecule has 8 nitrogen and oxygen atoms in total. The Morgan fingerprint density at radius 2 is 1.27 bits per heavy atom. The molecule has 40 heavy (non-hydrogen) atoms. The molecule has 2 unspecified atom stereocenters. The maximum atomic E-state index is 14.3. The molecule has 0 spiro atoms. The fraction of sp³-hybridized carbons (Fsp3) is 0.375. The molecule has 2 N–H and O–H groups in total. The molecule has 8 heteroatoms. The van der Waals surface area contributed by atoms with Crippen LogP contribution in [-0.2, 0) is 18.9 Å². The second kappa shape index (κ2) is 13.7. The van der Waals surface area contributed by atoms with Gasteiger partial charge in [-0.15, -0.1) is 0 Å². The van der Waals surface area contributed by atoms with Crippen molar-refractivity contribution in [1.82, 2.24) is 0 Å². The first kappa shape index (κ1) is 29.4. The van der Waals surface area contributed by atoms with Gasteiger partial charge in [0.05, 0.1) is 23.1 Å². The number of benzene rings is 3. The minimum atomic E-state index is -1.15. The Bertz CT molecular complexity index is 1310. The van der Waals surface area contributed by atoms with E-state index in [1.54, 1.807) is 12.1 Å². The molecule has 2 atom stereocenters. The second-order valence-corrected chi connectivity index (χ2v) is 9.32. The Morgan fingerprint density at radius 1 is 0.775 bits per heavy atom. The largest absolute Gasteiger partial charge is 0.478 e. The number of Topliss-reactive ketones (excluding diaryl/α,β-unsaturated/α-hetero) is 1. The van der Waals surface area contributed by atoms with E-state index >= 15 is 0 Å². The summed E-state index contributed by atoms with van der Waals surface area (Å²) in [5.74, 6) is -2.14. The number of hydrogen-bond donors (Lipinski definition) is 2. The molecule has 0 bridgehead atoms. The number of anilines is 1. The van der Waals surface area contributed by atoms with Gasteiger partial charge in [0.15, 0.2) is 18.4 Å². The van der Waals surface area contributed by atoms with Gasteiger partial charge in [0, 0.05) is 43.2 Å². The average molecular weight is 548 g/mol. The number of carbonyl (C=O) groups is 2. The molecule has 3 aromatic rings. The van der Waals surface area contributed by atoms with E-state index in [0.717, 1.165) is 22.3 Å². The van der Waals surface area contributed by atoms with Gasteiger partial charge in [-0.3, -0.25) is 4.79 Å². The van der Waals surface area contributed by atoms with Gasteiger partial charge in [0.2, 0.25) is 0 Å². The zero-order chi connectivity index (χ0) is 28.6.